The molecule has 1 atom stereocenters. The van der Waals surface area contributed by atoms with Crippen LogP contribution in [0.1, 0.15) is 42.9 Å². The summed E-state index contributed by atoms with van der Waals surface area (Å²) in [4.78, 5) is 15.4. The van der Waals surface area contributed by atoms with Crippen LogP contribution in [-0.4, -0.2) is 62.9 Å². The molecule has 0 radical (unpaired) electrons. The number of benzene rings is 2. The van der Waals surface area contributed by atoms with Crippen LogP contribution in [0.3, 0.4) is 0 Å². The first-order valence-electron chi connectivity index (χ1n) is 12.2. The summed E-state index contributed by atoms with van der Waals surface area (Å²) in [5.41, 5.74) is 3.78. The molecule has 4 rings (SSSR count). The van der Waals surface area contributed by atoms with Gasteiger partial charge in [-0.2, -0.15) is 4.31 Å². The van der Waals surface area contributed by atoms with Gasteiger partial charge in [-0.1, -0.05) is 19.1 Å². The largest absolute Gasteiger partial charge is 0.481 e. The number of carbonyl (C=O) groups excluding carboxylic acids is 1. The molecular formula is C26H35N3O4S. The first-order valence-corrected chi connectivity index (χ1v) is 13.6. The number of hydrogen-bond acceptors (Lipinski definition) is 5. The van der Waals surface area contributed by atoms with Crippen LogP contribution in [0.2, 0.25) is 0 Å². The van der Waals surface area contributed by atoms with E-state index in [1.165, 1.54) is 28.3 Å². The fraction of sp³-hybridized carbons (Fsp3) is 0.500. The van der Waals surface area contributed by atoms with Gasteiger partial charge < -0.3 is 15.0 Å². The molecule has 1 amide bonds. The average Bonchev–Trinajstić information content (AvgIpc) is 2.83. The van der Waals surface area contributed by atoms with Crippen LogP contribution in [0, 0.1) is 6.92 Å². The van der Waals surface area contributed by atoms with Gasteiger partial charge in [-0.05, 0) is 87.0 Å². The molecule has 0 unspecified atom stereocenters. The van der Waals surface area contributed by atoms with Gasteiger partial charge in [0, 0.05) is 31.9 Å². The lowest BCUT2D eigenvalue weighted by Gasteiger charge is -2.32. The van der Waals surface area contributed by atoms with Gasteiger partial charge in [0.15, 0.2) is 6.10 Å². The number of piperazine rings is 1. The molecule has 1 N–H and O–H groups in total. The molecule has 1 fully saturated rings. The Hall–Kier alpha value is -2.42. The van der Waals surface area contributed by atoms with Crippen molar-refractivity contribution in [3.63, 3.8) is 0 Å². The van der Waals surface area contributed by atoms with E-state index in [2.05, 4.69) is 22.3 Å². The van der Waals surface area contributed by atoms with Crippen molar-refractivity contribution in [1.29, 1.82) is 0 Å². The van der Waals surface area contributed by atoms with E-state index >= 15 is 0 Å². The lowest BCUT2D eigenvalue weighted by atomic mass is 9.92. The monoisotopic (exact) mass is 485 g/mol. The first-order chi connectivity index (χ1) is 16.3. The highest BCUT2D eigenvalue weighted by molar-refractivity contribution is 7.89. The molecule has 1 aliphatic carbocycles. The van der Waals surface area contributed by atoms with Crippen molar-refractivity contribution in [2.24, 2.45) is 0 Å². The van der Waals surface area contributed by atoms with Gasteiger partial charge in [-0.15, -0.1) is 0 Å². The Morgan fingerprint density at radius 2 is 1.74 bits per heavy atom. The zero-order valence-electron chi connectivity index (χ0n) is 20.3. The van der Waals surface area contributed by atoms with Crippen LogP contribution in [0.5, 0.6) is 5.75 Å². The summed E-state index contributed by atoms with van der Waals surface area (Å²) in [6.45, 7) is 6.01. The van der Waals surface area contributed by atoms with Crippen LogP contribution in [0.4, 0.5) is 5.69 Å². The molecule has 184 valence electrons. The average molecular weight is 486 g/mol. The number of sulfonamides is 1. The van der Waals surface area contributed by atoms with Crippen LogP contribution in [0.25, 0.3) is 0 Å². The Balaban J connectivity index is 1.48. The molecule has 7 nitrogen and oxygen atoms in total. The van der Waals surface area contributed by atoms with Gasteiger partial charge in [0.25, 0.3) is 5.91 Å². The summed E-state index contributed by atoms with van der Waals surface area (Å²) in [5, 5.41) is 2.87. The van der Waals surface area contributed by atoms with Crippen LogP contribution in [0.15, 0.2) is 41.3 Å². The summed E-state index contributed by atoms with van der Waals surface area (Å²) in [5.74, 6) is 0.414. The highest BCUT2D eigenvalue weighted by Gasteiger charge is 2.29. The summed E-state index contributed by atoms with van der Waals surface area (Å²) in [7, 11) is -1.65. The SMILES string of the molecule is CC[C@H](Oc1ccc2c(c1)CCCC2)C(=O)Nc1ccc(C)c(S(=O)(=O)N2CCN(C)CC2)c1. The third-order valence-corrected chi connectivity index (χ3v) is 8.84. The number of carbonyl (C=O) groups is 1. The van der Waals surface area contributed by atoms with Crippen LogP contribution >= 0.6 is 0 Å². The third kappa shape index (κ3) is 5.45. The summed E-state index contributed by atoms with van der Waals surface area (Å²) < 4.78 is 34.1. The number of fused-ring (bicyclic) bond motifs is 1. The molecule has 34 heavy (non-hydrogen) atoms. The second kappa shape index (κ2) is 10.5. The van der Waals surface area contributed by atoms with E-state index in [1.807, 2.05) is 20.0 Å². The maximum atomic E-state index is 13.3. The lowest BCUT2D eigenvalue weighted by Crippen LogP contribution is -2.47. The highest BCUT2D eigenvalue weighted by Crippen LogP contribution is 2.27. The molecule has 0 aromatic heterocycles. The normalized spacial score (nSPS) is 18.2. The standard InChI is InChI=1S/C26H35N3O4S/c1-4-24(33-23-12-10-20-7-5-6-8-21(20)17-23)26(30)27-22-11-9-19(2)25(18-22)34(31,32)29-15-13-28(3)14-16-29/h9-12,17-18,24H,4-8,13-16H2,1-3H3,(H,27,30)/t24-/m0/s1. The number of hydrogen-bond donors (Lipinski definition) is 1. The number of ether oxygens (including phenoxy) is 1. The van der Waals surface area contributed by atoms with Crippen molar-refractivity contribution in [2.45, 2.75) is 57.0 Å². The summed E-state index contributed by atoms with van der Waals surface area (Å²) >= 11 is 0. The Morgan fingerprint density at radius 3 is 2.44 bits per heavy atom. The van der Waals surface area contributed by atoms with E-state index in [0.29, 0.717) is 49.6 Å². The minimum Gasteiger partial charge on any atom is -0.481 e. The summed E-state index contributed by atoms with van der Waals surface area (Å²) in [6.07, 6.45) is 4.38. The molecule has 2 aromatic carbocycles. The highest BCUT2D eigenvalue weighted by atomic mass is 32.2. The van der Waals surface area contributed by atoms with E-state index < -0.39 is 16.1 Å². The summed E-state index contributed by atoms with van der Waals surface area (Å²) in [6, 6.07) is 11.1. The minimum absolute atomic E-state index is 0.235. The molecule has 2 aliphatic rings. The van der Waals surface area contributed by atoms with E-state index in [1.54, 1.807) is 25.1 Å². The quantitative estimate of drug-likeness (QED) is 0.648. The fourth-order valence-corrected chi connectivity index (χ4v) is 6.29. The Kier molecular flexibility index (Phi) is 7.60. The number of anilines is 1. The number of rotatable bonds is 7. The zero-order valence-corrected chi connectivity index (χ0v) is 21.2. The maximum absolute atomic E-state index is 13.3. The number of amides is 1. The second-order valence-electron chi connectivity index (χ2n) is 9.33. The van der Waals surface area contributed by atoms with Gasteiger partial charge in [0.1, 0.15) is 5.75 Å². The Bertz CT molecular complexity index is 1140. The number of nitrogens with one attached hydrogen (secondary N) is 1. The van der Waals surface area contributed by atoms with E-state index in [-0.39, 0.29) is 10.8 Å². The topological polar surface area (TPSA) is 78.9 Å². The van der Waals surface area contributed by atoms with Crippen molar-refractivity contribution < 1.29 is 17.9 Å². The van der Waals surface area contributed by atoms with Gasteiger partial charge in [-0.25, -0.2) is 8.42 Å². The van der Waals surface area contributed by atoms with Crippen LogP contribution < -0.4 is 10.1 Å². The zero-order chi connectivity index (χ0) is 24.3. The van der Waals surface area contributed by atoms with Crippen molar-refractivity contribution in [3.8, 4) is 5.75 Å². The smallest absolute Gasteiger partial charge is 0.265 e. The van der Waals surface area contributed by atoms with Crippen molar-refractivity contribution in [2.75, 3.05) is 38.5 Å². The predicted octanol–water partition coefficient (Wildman–Crippen LogP) is 3.61. The minimum atomic E-state index is -3.63. The first kappa shape index (κ1) is 24.7. The molecule has 0 spiro atoms. The molecule has 8 heteroatoms. The van der Waals surface area contributed by atoms with Crippen molar-refractivity contribution in [3.05, 3.63) is 53.1 Å². The van der Waals surface area contributed by atoms with E-state index in [0.717, 1.165) is 12.8 Å². The van der Waals surface area contributed by atoms with E-state index in [9.17, 15) is 13.2 Å². The molecule has 1 saturated heterocycles. The number of aryl methyl sites for hydroxylation is 3. The molecule has 0 saturated carbocycles. The van der Waals surface area contributed by atoms with Gasteiger partial charge in [0.05, 0.1) is 4.90 Å². The van der Waals surface area contributed by atoms with E-state index in [4.69, 9.17) is 4.74 Å². The van der Waals surface area contributed by atoms with Gasteiger partial charge >= 0.3 is 0 Å². The fourth-order valence-electron chi connectivity index (χ4n) is 4.62. The molecule has 1 heterocycles. The molecule has 1 aliphatic heterocycles. The Labute approximate surface area is 203 Å². The lowest BCUT2D eigenvalue weighted by molar-refractivity contribution is -0.122. The second-order valence-corrected chi connectivity index (χ2v) is 11.2. The molecule has 0 bridgehead atoms. The van der Waals surface area contributed by atoms with Crippen molar-refractivity contribution in [1.82, 2.24) is 9.21 Å². The van der Waals surface area contributed by atoms with Gasteiger partial charge in [0.2, 0.25) is 10.0 Å². The van der Waals surface area contributed by atoms with Crippen LogP contribution in [-0.2, 0) is 27.7 Å². The predicted molar refractivity (Wildman–Crippen MR) is 134 cm³/mol. The maximum Gasteiger partial charge on any atom is 0.265 e. The Morgan fingerprint density at radius 1 is 1.03 bits per heavy atom. The number of nitrogens with zero attached hydrogens (tertiary/aromatic N) is 2. The van der Waals surface area contributed by atoms with Gasteiger partial charge in [-0.3, -0.25) is 4.79 Å². The van der Waals surface area contributed by atoms with Crippen molar-refractivity contribution >= 4 is 21.6 Å². The molecular weight excluding hydrogens is 450 g/mol. The third-order valence-electron chi connectivity index (χ3n) is 6.80. The molecule has 2 aromatic rings. The number of likely N-dealkylation sites (N-methyl/N-ethyl adjacent to an activating group) is 1.